The van der Waals surface area contributed by atoms with Gasteiger partial charge in [-0.25, -0.2) is 4.99 Å². The normalized spacial score (nSPS) is 20.5. The number of aliphatic imine (C=N–C) groups is 1. The molecule has 0 spiro atoms. The molecule has 1 heterocycles. The summed E-state index contributed by atoms with van der Waals surface area (Å²) in [6.07, 6.45) is 1.27. The molecule has 3 N–H and O–H groups in total. The molecule has 0 bridgehead atoms. The molecule has 8 nitrogen and oxygen atoms in total. The van der Waals surface area contributed by atoms with Crippen LogP contribution in [0.25, 0.3) is 0 Å². The molecule has 202 valence electrons. The molecule has 4 rings (SSSR count). The van der Waals surface area contributed by atoms with E-state index in [2.05, 4.69) is 25.8 Å². The molecule has 0 aromatic heterocycles. The van der Waals surface area contributed by atoms with Crippen molar-refractivity contribution in [3.8, 4) is 0 Å². The van der Waals surface area contributed by atoms with Gasteiger partial charge in [0, 0.05) is 25.6 Å². The van der Waals surface area contributed by atoms with E-state index in [1.54, 1.807) is 12.1 Å². The largest absolute Gasteiger partial charge is 0.359 e. The third-order valence-electron chi connectivity index (χ3n) is 6.52. The number of rotatable bonds is 6. The first-order valence-corrected chi connectivity index (χ1v) is 13.4. The zero-order valence-corrected chi connectivity index (χ0v) is 23.5. The average Bonchev–Trinajstić information content (AvgIpc) is 3.48. The number of fused-ring (bicyclic) bond motifs is 1. The van der Waals surface area contributed by atoms with Crippen LogP contribution in [0.2, 0.25) is 10.0 Å². The quantitative estimate of drug-likeness (QED) is 0.343. The van der Waals surface area contributed by atoms with Crippen LogP contribution in [0.3, 0.4) is 0 Å². The first kappa shape index (κ1) is 27.9. The minimum atomic E-state index is -0.340. The number of guanidine groups is 1. The van der Waals surface area contributed by atoms with Crippen molar-refractivity contribution in [1.82, 2.24) is 10.6 Å². The average molecular weight is 559 g/mol. The van der Waals surface area contributed by atoms with Crippen molar-refractivity contribution < 1.29 is 14.4 Å². The summed E-state index contributed by atoms with van der Waals surface area (Å²) in [5.74, 6) is 0.115. The summed E-state index contributed by atoms with van der Waals surface area (Å²) in [5, 5.41) is 8.81. The van der Waals surface area contributed by atoms with E-state index in [1.807, 2.05) is 51.1 Å². The Morgan fingerprint density at radius 3 is 2.32 bits per heavy atom. The Hall–Kier alpha value is -3.10. The third kappa shape index (κ3) is 7.05. The van der Waals surface area contributed by atoms with Gasteiger partial charge >= 0.3 is 0 Å². The molecular weight excluding hydrogens is 525 g/mol. The number of anilines is 2. The summed E-state index contributed by atoms with van der Waals surface area (Å²) in [4.78, 5) is 44.4. The van der Waals surface area contributed by atoms with E-state index in [4.69, 9.17) is 23.2 Å². The summed E-state index contributed by atoms with van der Waals surface area (Å²) in [7, 11) is 0. The fourth-order valence-corrected chi connectivity index (χ4v) is 5.45. The molecule has 3 atom stereocenters. The van der Waals surface area contributed by atoms with Crippen LogP contribution in [0, 0.1) is 17.3 Å². The molecule has 3 unspecified atom stereocenters. The topological polar surface area (TPSA) is 103 Å². The lowest BCUT2D eigenvalue weighted by Crippen LogP contribution is -2.52. The van der Waals surface area contributed by atoms with Crippen LogP contribution < -0.4 is 20.9 Å². The van der Waals surface area contributed by atoms with Gasteiger partial charge in [-0.3, -0.25) is 25.0 Å². The van der Waals surface area contributed by atoms with Gasteiger partial charge in [-0.15, -0.1) is 0 Å². The number of nitrogens with one attached hydrogen (secondary N) is 3. The lowest BCUT2D eigenvalue weighted by Gasteiger charge is -2.29. The lowest BCUT2D eigenvalue weighted by atomic mass is 9.92. The molecule has 0 radical (unpaired) electrons. The minimum Gasteiger partial charge on any atom is -0.359 e. The fraction of sp³-hybridized carbons (Fsp3) is 0.429. The maximum atomic E-state index is 13.5. The van der Waals surface area contributed by atoms with Gasteiger partial charge in [0.25, 0.3) is 0 Å². The van der Waals surface area contributed by atoms with E-state index < -0.39 is 0 Å². The number of para-hydroxylation sites is 1. The van der Waals surface area contributed by atoms with Crippen molar-refractivity contribution >= 4 is 58.3 Å². The van der Waals surface area contributed by atoms with Crippen LogP contribution in [0.5, 0.6) is 0 Å². The van der Waals surface area contributed by atoms with E-state index in [0.717, 1.165) is 18.7 Å². The highest BCUT2D eigenvalue weighted by Gasteiger charge is 2.55. The van der Waals surface area contributed by atoms with Gasteiger partial charge in [0.15, 0.2) is 0 Å². The Morgan fingerprint density at radius 2 is 1.71 bits per heavy atom. The van der Waals surface area contributed by atoms with Gasteiger partial charge in [0.2, 0.25) is 23.7 Å². The molecular formula is C28H33Cl2N5O3. The van der Waals surface area contributed by atoms with E-state index in [9.17, 15) is 14.4 Å². The first-order chi connectivity index (χ1) is 17.9. The van der Waals surface area contributed by atoms with E-state index in [1.165, 1.54) is 6.92 Å². The molecule has 1 aliphatic carbocycles. The van der Waals surface area contributed by atoms with Gasteiger partial charge in [-0.05, 0) is 53.5 Å². The Balaban J connectivity index is 1.54. The summed E-state index contributed by atoms with van der Waals surface area (Å²) in [6, 6.07) is 12.8. The number of amides is 3. The van der Waals surface area contributed by atoms with E-state index >= 15 is 0 Å². The number of hydrogen-bond donors (Lipinski definition) is 3. The van der Waals surface area contributed by atoms with E-state index in [0.29, 0.717) is 17.2 Å². The minimum absolute atomic E-state index is 0.0829. The maximum Gasteiger partial charge on any atom is 0.249 e. The molecule has 1 saturated carbocycles. The summed E-state index contributed by atoms with van der Waals surface area (Å²) in [6.45, 7) is 8.19. The van der Waals surface area contributed by atoms with Crippen molar-refractivity contribution in [2.75, 3.05) is 16.8 Å². The number of benzene rings is 2. The van der Waals surface area contributed by atoms with Gasteiger partial charge < -0.3 is 10.2 Å². The first-order valence-electron chi connectivity index (χ1n) is 12.6. The van der Waals surface area contributed by atoms with Crippen molar-refractivity contribution in [3.63, 3.8) is 0 Å². The van der Waals surface area contributed by atoms with Crippen molar-refractivity contribution in [1.29, 1.82) is 0 Å². The van der Waals surface area contributed by atoms with Gasteiger partial charge in [-0.2, -0.15) is 0 Å². The van der Waals surface area contributed by atoms with Crippen LogP contribution >= 0.6 is 23.2 Å². The highest BCUT2D eigenvalue weighted by molar-refractivity contribution is 6.39. The standard InChI is InChI=1S/C28H33Cl2N5O3/c1-16(36)32-24-21(29)10-17(11-22(24)30)14-31-27(33-23(37)13-28(2,3)4)34-26(38)25-20-12-18(20)15-35(25)19-8-6-5-7-9-19/h5-11,18,20,25H,12-15H2,1-4H3,(H,32,36)(H2,31,33,34,37,38). The molecule has 2 aromatic rings. The number of nitrogens with zero attached hydrogens (tertiary/aromatic N) is 2. The Bertz CT molecular complexity index is 1240. The Morgan fingerprint density at radius 1 is 1.05 bits per heavy atom. The van der Waals surface area contributed by atoms with Crippen LogP contribution in [0.4, 0.5) is 11.4 Å². The number of carbonyl (C=O) groups is 3. The second-order valence-corrected chi connectivity index (χ2v) is 12.0. The summed E-state index contributed by atoms with van der Waals surface area (Å²) >= 11 is 12.6. The van der Waals surface area contributed by atoms with Crippen LogP contribution in [-0.4, -0.2) is 36.3 Å². The smallest absolute Gasteiger partial charge is 0.249 e. The summed E-state index contributed by atoms with van der Waals surface area (Å²) in [5.41, 5.74) is 1.73. The predicted octanol–water partition coefficient (Wildman–Crippen LogP) is 5.00. The van der Waals surface area contributed by atoms with Crippen LogP contribution in [0.1, 0.15) is 46.1 Å². The zero-order valence-electron chi connectivity index (χ0n) is 22.0. The highest BCUT2D eigenvalue weighted by atomic mass is 35.5. The Labute approximate surface area is 233 Å². The molecule has 1 aliphatic heterocycles. The highest BCUT2D eigenvalue weighted by Crippen LogP contribution is 2.50. The second kappa shape index (κ2) is 11.3. The SMILES string of the molecule is CC(=O)Nc1c(Cl)cc(CN=C(NC(=O)CC(C)(C)C)NC(=O)C2C3CC3CN2c2ccccc2)cc1Cl. The fourth-order valence-electron chi connectivity index (χ4n) is 4.83. The molecule has 38 heavy (non-hydrogen) atoms. The van der Waals surface area contributed by atoms with Crippen molar-refractivity contribution in [2.24, 2.45) is 22.2 Å². The van der Waals surface area contributed by atoms with Crippen molar-refractivity contribution in [3.05, 3.63) is 58.1 Å². The maximum absolute atomic E-state index is 13.5. The molecule has 10 heteroatoms. The molecule has 2 aromatic carbocycles. The summed E-state index contributed by atoms with van der Waals surface area (Å²) < 4.78 is 0. The number of halogens is 2. The van der Waals surface area contributed by atoms with Crippen LogP contribution in [-0.2, 0) is 20.9 Å². The lowest BCUT2D eigenvalue weighted by molar-refractivity contribution is -0.121. The molecule has 2 fully saturated rings. The predicted molar refractivity (Wildman–Crippen MR) is 151 cm³/mol. The van der Waals surface area contributed by atoms with Crippen LogP contribution in [0.15, 0.2) is 47.5 Å². The number of hydrogen-bond acceptors (Lipinski definition) is 5. The molecule has 1 saturated heterocycles. The second-order valence-electron chi connectivity index (χ2n) is 11.1. The Kier molecular flexibility index (Phi) is 8.33. The number of carbonyl (C=O) groups excluding carboxylic acids is 3. The van der Waals surface area contributed by atoms with Crippen molar-refractivity contribution in [2.45, 2.75) is 53.1 Å². The van der Waals surface area contributed by atoms with Gasteiger partial charge in [0.05, 0.1) is 22.3 Å². The zero-order chi connectivity index (χ0) is 27.6. The molecule has 3 amide bonds. The van der Waals surface area contributed by atoms with E-state index in [-0.39, 0.29) is 64.1 Å². The number of piperidine rings is 1. The molecule has 2 aliphatic rings. The van der Waals surface area contributed by atoms with Gasteiger partial charge in [-0.1, -0.05) is 62.2 Å². The third-order valence-corrected chi connectivity index (χ3v) is 7.12. The monoisotopic (exact) mass is 557 g/mol. The van der Waals surface area contributed by atoms with Gasteiger partial charge in [0.1, 0.15) is 6.04 Å².